The summed E-state index contributed by atoms with van der Waals surface area (Å²) in [5, 5.41) is 2.60. The first-order valence-electron chi connectivity index (χ1n) is 8.48. The monoisotopic (exact) mass is 475 g/mol. The summed E-state index contributed by atoms with van der Waals surface area (Å²) in [5.41, 5.74) is 0.924. The highest BCUT2D eigenvalue weighted by molar-refractivity contribution is 9.10. The first-order chi connectivity index (χ1) is 13.2. The Balaban J connectivity index is 2.08. The first-order valence-corrected chi connectivity index (χ1v) is 11.1. The van der Waals surface area contributed by atoms with Gasteiger partial charge in [-0.25, -0.2) is 8.42 Å². The van der Waals surface area contributed by atoms with Gasteiger partial charge in [-0.3, -0.25) is 4.79 Å². The number of carbonyl (C=O) groups is 1. The second-order valence-corrected chi connectivity index (χ2v) is 9.09. The van der Waals surface area contributed by atoms with E-state index in [0.29, 0.717) is 17.5 Å². The fourth-order valence-corrected chi connectivity index (χ4v) is 4.46. The highest BCUT2D eigenvalue weighted by Gasteiger charge is 2.22. The maximum atomic E-state index is 12.6. The molecule has 0 saturated carbocycles. The standard InChI is InChI=1S/C19H20BrF2NO4S/c1-2-16(15-8-3-4-9-17(15)27-19(21)22)23-18(24)12-28(25,26)11-13-6-5-7-14(20)10-13/h3-10,16,19H,2,11-12H2,1H3,(H,23,24). The molecule has 28 heavy (non-hydrogen) atoms. The number of benzene rings is 2. The van der Waals surface area contributed by atoms with Crippen molar-refractivity contribution in [2.24, 2.45) is 0 Å². The van der Waals surface area contributed by atoms with Crippen LogP contribution in [-0.2, 0) is 20.4 Å². The SMILES string of the molecule is CCC(NC(=O)CS(=O)(=O)Cc1cccc(Br)c1)c1ccccc1OC(F)F. The Kier molecular flexibility index (Phi) is 7.94. The van der Waals surface area contributed by atoms with Crippen molar-refractivity contribution in [3.8, 4) is 5.75 Å². The van der Waals surface area contributed by atoms with Gasteiger partial charge in [-0.2, -0.15) is 8.78 Å². The van der Waals surface area contributed by atoms with Gasteiger partial charge in [-0.15, -0.1) is 0 Å². The molecule has 1 unspecified atom stereocenters. The number of para-hydroxylation sites is 1. The fourth-order valence-electron chi connectivity index (χ4n) is 2.74. The normalized spacial score (nSPS) is 12.6. The van der Waals surface area contributed by atoms with Crippen LogP contribution in [0.2, 0.25) is 0 Å². The zero-order chi connectivity index (χ0) is 20.7. The summed E-state index contributed by atoms with van der Waals surface area (Å²) in [6.07, 6.45) is 0.376. The Morgan fingerprint density at radius 2 is 1.89 bits per heavy atom. The van der Waals surface area contributed by atoms with Crippen LogP contribution in [-0.4, -0.2) is 26.7 Å². The number of nitrogens with one attached hydrogen (secondary N) is 1. The molecule has 0 aliphatic heterocycles. The van der Waals surface area contributed by atoms with E-state index in [2.05, 4.69) is 26.0 Å². The predicted molar refractivity (Wildman–Crippen MR) is 106 cm³/mol. The van der Waals surface area contributed by atoms with Crippen LogP contribution in [0.3, 0.4) is 0 Å². The number of sulfone groups is 1. The average molecular weight is 476 g/mol. The van der Waals surface area contributed by atoms with Crippen LogP contribution in [0, 0.1) is 0 Å². The molecule has 2 rings (SSSR count). The summed E-state index contributed by atoms with van der Waals surface area (Å²) < 4.78 is 55.1. The second kappa shape index (κ2) is 9.97. The van der Waals surface area contributed by atoms with Gasteiger partial charge in [0.25, 0.3) is 0 Å². The van der Waals surface area contributed by atoms with Crippen LogP contribution < -0.4 is 10.1 Å². The van der Waals surface area contributed by atoms with Crippen molar-refractivity contribution in [2.75, 3.05) is 5.75 Å². The lowest BCUT2D eigenvalue weighted by Gasteiger charge is -2.20. The minimum absolute atomic E-state index is 0.0540. The summed E-state index contributed by atoms with van der Waals surface area (Å²) in [6, 6.07) is 12.3. The Morgan fingerprint density at radius 3 is 2.54 bits per heavy atom. The van der Waals surface area contributed by atoms with Crippen LogP contribution >= 0.6 is 15.9 Å². The number of alkyl halides is 2. The molecule has 2 aromatic rings. The van der Waals surface area contributed by atoms with E-state index in [1.54, 1.807) is 43.3 Å². The zero-order valence-corrected chi connectivity index (χ0v) is 17.5. The van der Waals surface area contributed by atoms with Crippen molar-refractivity contribution in [3.63, 3.8) is 0 Å². The quantitative estimate of drug-likeness (QED) is 0.588. The molecule has 0 bridgehead atoms. The predicted octanol–water partition coefficient (Wildman–Crippen LogP) is 4.23. The lowest BCUT2D eigenvalue weighted by Crippen LogP contribution is -2.34. The molecule has 0 aliphatic carbocycles. The number of hydrogen-bond donors (Lipinski definition) is 1. The van der Waals surface area contributed by atoms with E-state index in [1.165, 1.54) is 12.1 Å². The van der Waals surface area contributed by atoms with Gasteiger partial charge in [0.2, 0.25) is 5.91 Å². The van der Waals surface area contributed by atoms with E-state index in [0.717, 1.165) is 4.47 Å². The third-order valence-electron chi connectivity index (χ3n) is 3.88. The van der Waals surface area contributed by atoms with Crippen LogP contribution in [0.1, 0.15) is 30.5 Å². The highest BCUT2D eigenvalue weighted by Crippen LogP contribution is 2.28. The number of carbonyl (C=O) groups excluding carboxylic acids is 1. The average Bonchev–Trinajstić information content (AvgIpc) is 2.59. The van der Waals surface area contributed by atoms with Gasteiger partial charge < -0.3 is 10.1 Å². The van der Waals surface area contributed by atoms with Crippen LogP contribution in [0.15, 0.2) is 53.0 Å². The molecule has 1 amide bonds. The smallest absolute Gasteiger partial charge is 0.387 e. The number of ether oxygens (including phenoxy) is 1. The van der Waals surface area contributed by atoms with Crippen molar-refractivity contribution in [1.29, 1.82) is 0 Å². The van der Waals surface area contributed by atoms with E-state index in [4.69, 9.17) is 0 Å². The first kappa shape index (κ1) is 22.3. The third-order valence-corrected chi connectivity index (χ3v) is 5.85. The Hall–Kier alpha value is -2.00. The number of hydrogen-bond acceptors (Lipinski definition) is 4. The zero-order valence-electron chi connectivity index (χ0n) is 15.1. The van der Waals surface area contributed by atoms with Crippen molar-refractivity contribution >= 4 is 31.7 Å². The molecule has 0 heterocycles. The fraction of sp³-hybridized carbons (Fsp3) is 0.316. The lowest BCUT2D eigenvalue weighted by atomic mass is 10.0. The van der Waals surface area contributed by atoms with E-state index < -0.39 is 34.2 Å². The Bertz CT molecular complexity index is 922. The van der Waals surface area contributed by atoms with E-state index >= 15 is 0 Å². The van der Waals surface area contributed by atoms with Crippen molar-refractivity contribution < 1.29 is 26.7 Å². The van der Waals surface area contributed by atoms with Gasteiger partial charge >= 0.3 is 6.61 Å². The van der Waals surface area contributed by atoms with Gasteiger partial charge in [0, 0.05) is 10.0 Å². The molecule has 0 spiro atoms. The summed E-state index contributed by atoms with van der Waals surface area (Å²) >= 11 is 3.27. The summed E-state index contributed by atoms with van der Waals surface area (Å²) in [5.74, 6) is -1.73. The second-order valence-electron chi connectivity index (χ2n) is 6.11. The van der Waals surface area contributed by atoms with Gasteiger partial charge in [-0.1, -0.05) is 53.2 Å². The van der Waals surface area contributed by atoms with Gasteiger partial charge in [0.1, 0.15) is 11.5 Å². The Morgan fingerprint density at radius 1 is 1.18 bits per heavy atom. The molecule has 0 radical (unpaired) electrons. The van der Waals surface area contributed by atoms with Crippen LogP contribution in [0.25, 0.3) is 0 Å². The maximum Gasteiger partial charge on any atom is 0.387 e. The topological polar surface area (TPSA) is 72.5 Å². The van der Waals surface area contributed by atoms with Crippen LogP contribution in [0.4, 0.5) is 8.78 Å². The minimum atomic E-state index is -3.70. The summed E-state index contributed by atoms with van der Waals surface area (Å²) in [4.78, 5) is 12.3. The lowest BCUT2D eigenvalue weighted by molar-refractivity contribution is -0.119. The summed E-state index contributed by atoms with van der Waals surface area (Å²) in [6.45, 7) is -1.25. The molecular formula is C19H20BrF2NO4S. The molecule has 2 aromatic carbocycles. The Labute approximate surface area is 171 Å². The van der Waals surface area contributed by atoms with E-state index in [1.807, 2.05) is 0 Å². The molecule has 5 nitrogen and oxygen atoms in total. The molecule has 0 aromatic heterocycles. The minimum Gasteiger partial charge on any atom is -0.434 e. The van der Waals surface area contributed by atoms with Crippen molar-refractivity contribution in [1.82, 2.24) is 5.32 Å². The largest absolute Gasteiger partial charge is 0.434 e. The van der Waals surface area contributed by atoms with Gasteiger partial charge in [-0.05, 0) is 30.2 Å². The van der Waals surface area contributed by atoms with Crippen molar-refractivity contribution in [2.45, 2.75) is 31.8 Å². The molecular weight excluding hydrogens is 456 g/mol. The third kappa shape index (κ3) is 6.87. The number of amides is 1. The molecule has 9 heteroatoms. The molecule has 152 valence electrons. The van der Waals surface area contributed by atoms with Crippen LogP contribution in [0.5, 0.6) is 5.75 Å². The summed E-state index contributed by atoms with van der Waals surface area (Å²) in [7, 11) is -3.70. The number of halogens is 3. The highest BCUT2D eigenvalue weighted by atomic mass is 79.9. The van der Waals surface area contributed by atoms with Gasteiger partial charge in [0.15, 0.2) is 9.84 Å². The molecule has 1 N–H and O–H groups in total. The number of rotatable bonds is 9. The van der Waals surface area contributed by atoms with E-state index in [9.17, 15) is 22.0 Å². The van der Waals surface area contributed by atoms with E-state index in [-0.39, 0.29) is 11.5 Å². The molecule has 1 atom stereocenters. The van der Waals surface area contributed by atoms with Crippen molar-refractivity contribution in [3.05, 3.63) is 64.1 Å². The maximum absolute atomic E-state index is 12.6. The van der Waals surface area contributed by atoms with Gasteiger partial charge in [0.05, 0.1) is 11.8 Å². The molecule has 0 fully saturated rings. The molecule has 0 saturated heterocycles. The molecule has 0 aliphatic rings.